The van der Waals surface area contributed by atoms with Crippen molar-refractivity contribution < 1.29 is 8.78 Å². The number of pyridine rings is 1. The van der Waals surface area contributed by atoms with Gasteiger partial charge >= 0.3 is 0 Å². The van der Waals surface area contributed by atoms with Crippen molar-refractivity contribution in [1.82, 2.24) is 14.8 Å². The average molecular weight is 257 g/mol. The monoisotopic (exact) mass is 257 g/mol. The SMILES string of the molecule is Fc1cc(F)cc(-n2ccc(-c3ccccn3)n2)c1. The first-order valence-electron chi connectivity index (χ1n) is 5.66. The van der Waals surface area contributed by atoms with Gasteiger partial charge in [0, 0.05) is 18.5 Å². The van der Waals surface area contributed by atoms with Crippen LogP contribution in [0.2, 0.25) is 0 Å². The van der Waals surface area contributed by atoms with E-state index in [0.717, 1.165) is 6.07 Å². The van der Waals surface area contributed by atoms with Crippen molar-refractivity contribution in [2.45, 2.75) is 0 Å². The van der Waals surface area contributed by atoms with Crippen molar-refractivity contribution in [2.24, 2.45) is 0 Å². The van der Waals surface area contributed by atoms with E-state index in [-0.39, 0.29) is 0 Å². The van der Waals surface area contributed by atoms with Crippen molar-refractivity contribution >= 4 is 0 Å². The Labute approximate surface area is 108 Å². The van der Waals surface area contributed by atoms with Crippen molar-refractivity contribution in [3.8, 4) is 17.1 Å². The first-order chi connectivity index (χ1) is 9.22. The van der Waals surface area contributed by atoms with Crippen molar-refractivity contribution in [1.29, 1.82) is 0 Å². The van der Waals surface area contributed by atoms with Crippen LogP contribution in [0.15, 0.2) is 54.9 Å². The molecule has 3 nitrogen and oxygen atoms in total. The smallest absolute Gasteiger partial charge is 0.128 e. The molecule has 0 aliphatic heterocycles. The number of halogens is 2. The fourth-order valence-electron chi connectivity index (χ4n) is 1.79. The minimum Gasteiger partial charge on any atom is -0.255 e. The number of hydrogen-bond donors (Lipinski definition) is 0. The van der Waals surface area contributed by atoms with Gasteiger partial charge in [0.15, 0.2) is 0 Å². The van der Waals surface area contributed by atoms with Gasteiger partial charge in [0.25, 0.3) is 0 Å². The summed E-state index contributed by atoms with van der Waals surface area (Å²) in [6.07, 6.45) is 3.30. The highest BCUT2D eigenvalue weighted by Gasteiger charge is 2.06. The lowest BCUT2D eigenvalue weighted by Gasteiger charge is -2.01. The third kappa shape index (κ3) is 2.35. The molecule has 5 heteroatoms. The second kappa shape index (κ2) is 4.61. The molecule has 0 unspecified atom stereocenters. The topological polar surface area (TPSA) is 30.7 Å². The quantitative estimate of drug-likeness (QED) is 0.705. The molecule has 2 heterocycles. The third-order valence-corrected chi connectivity index (χ3v) is 2.63. The Bertz CT molecular complexity index is 687. The normalized spacial score (nSPS) is 10.6. The number of hydrogen-bond acceptors (Lipinski definition) is 2. The van der Waals surface area contributed by atoms with E-state index in [4.69, 9.17) is 0 Å². The van der Waals surface area contributed by atoms with Crippen LogP contribution < -0.4 is 0 Å². The summed E-state index contributed by atoms with van der Waals surface area (Å²) in [5, 5.41) is 4.25. The highest BCUT2D eigenvalue weighted by Crippen LogP contribution is 2.17. The van der Waals surface area contributed by atoms with Gasteiger partial charge in [-0.2, -0.15) is 5.10 Å². The Balaban J connectivity index is 2.02. The summed E-state index contributed by atoms with van der Waals surface area (Å²) in [6.45, 7) is 0. The summed E-state index contributed by atoms with van der Waals surface area (Å²) in [5.41, 5.74) is 1.68. The number of nitrogens with zero attached hydrogens (tertiary/aromatic N) is 3. The Morgan fingerprint density at radius 1 is 0.895 bits per heavy atom. The standard InChI is InChI=1S/C14H9F2N3/c15-10-7-11(16)9-12(8-10)19-6-4-14(18-19)13-3-1-2-5-17-13/h1-9H. The number of rotatable bonds is 2. The van der Waals surface area contributed by atoms with Gasteiger partial charge in [0.1, 0.15) is 17.3 Å². The van der Waals surface area contributed by atoms with Crippen LogP contribution >= 0.6 is 0 Å². The number of benzene rings is 1. The van der Waals surface area contributed by atoms with Gasteiger partial charge in [-0.15, -0.1) is 0 Å². The van der Waals surface area contributed by atoms with Crippen LogP contribution in [-0.2, 0) is 0 Å². The summed E-state index contributed by atoms with van der Waals surface area (Å²) >= 11 is 0. The Morgan fingerprint density at radius 3 is 2.37 bits per heavy atom. The van der Waals surface area contributed by atoms with E-state index in [2.05, 4.69) is 10.1 Å². The van der Waals surface area contributed by atoms with Gasteiger partial charge in [0.2, 0.25) is 0 Å². The molecule has 0 N–H and O–H groups in total. The van der Waals surface area contributed by atoms with E-state index in [1.54, 1.807) is 18.5 Å². The first-order valence-corrected chi connectivity index (χ1v) is 5.66. The lowest BCUT2D eigenvalue weighted by molar-refractivity contribution is 0.580. The zero-order valence-corrected chi connectivity index (χ0v) is 9.79. The summed E-state index contributed by atoms with van der Waals surface area (Å²) in [6, 6.07) is 10.5. The van der Waals surface area contributed by atoms with Crippen LogP contribution in [0.25, 0.3) is 17.1 Å². The highest BCUT2D eigenvalue weighted by atomic mass is 19.1. The summed E-state index contributed by atoms with van der Waals surface area (Å²) in [4.78, 5) is 4.17. The van der Waals surface area contributed by atoms with Crippen LogP contribution in [0.5, 0.6) is 0 Å². The molecule has 0 saturated carbocycles. The summed E-state index contributed by atoms with van der Waals surface area (Å²) in [5.74, 6) is -1.27. The molecule has 1 aromatic carbocycles. The van der Waals surface area contributed by atoms with Crippen LogP contribution in [0, 0.1) is 11.6 Å². The molecular weight excluding hydrogens is 248 g/mol. The molecule has 0 saturated heterocycles. The van der Waals surface area contributed by atoms with E-state index >= 15 is 0 Å². The lowest BCUT2D eigenvalue weighted by atomic mass is 10.3. The molecular formula is C14H9F2N3. The van der Waals surface area contributed by atoms with Gasteiger partial charge in [0.05, 0.1) is 11.4 Å². The van der Waals surface area contributed by atoms with E-state index in [0.29, 0.717) is 17.1 Å². The maximum Gasteiger partial charge on any atom is 0.128 e. The molecule has 19 heavy (non-hydrogen) atoms. The van der Waals surface area contributed by atoms with Gasteiger partial charge in [-0.25, -0.2) is 13.5 Å². The zero-order chi connectivity index (χ0) is 13.2. The maximum absolute atomic E-state index is 13.1. The molecule has 0 atom stereocenters. The molecule has 3 rings (SSSR count). The number of aromatic nitrogens is 3. The fourth-order valence-corrected chi connectivity index (χ4v) is 1.79. The molecule has 0 bridgehead atoms. The van der Waals surface area contributed by atoms with Crippen LogP contribution in [0.1, 0.15) is 0 Å². The van der Waals surface area contributed by atoms with Gasteiger partial charge in [-0.1, -0.05) is 6.07 Å². The molecule has 0 fully saturated rings. The van der Waals surface area contributed by atoms with Crippen molar-refractivity contribution in [2.75, 3.05) is 0 Å². The molecule has 94 valence electrons. The van der Waals surface area contributed by atoms with Gasteiger partial charge in [-0.3, -0.25) is 4.98 Å². The van der Waals surface area contributed by atoms with E-state index in [9.17, 15) is 8.78 Å². The third-order valence-electron chi connectivity index (χ3n) is 2.63. The zero-order valence-electron chi connectivity index (χ0n) is 9.79. The summed E-state index contributed by atoms with van der Waals surface area (Å²) in [7, 11) is 0. The lowest BCUT2D eigenvalue weighted by Crippen LogP contribution is -1.97. The second-order valence-corrected chi connectivity index (χ2v) is 3.99. The van der Waals surface area contributed by atoms with Gasteiger partial charge < -0.3 is 0 Å². The van der Waals surface area contributed by atoms with Crippen molar-refractivity contribution in [3.05, 3.63) is 66.5 Å². The average Bonchev–Trinajstić information content (AvgIpc) is 2.88. The maximum atomic E-state index is 13.1. The molecule has 3 aromatic rings. The fraction of sp³-hybridized carbons (Fsp3) is 0. The van der Waals surface area contributed by atoms with Crippen LogP contribution in [-0.4, -0.2) is 14.8 Å². The minimum atomic E-state index is -0.634. The summed E-state index contributed by atoms with van der Waals surface area (Å²) < 4.78 is 27.7. The van der Waals surface area contributed by atoms with E-state index in [1.807, 2.05) is 18.2 Å². The van der Waals surface area contributed by atoms with E-state index < -0.39 is 11.6 Å². The molecule has 0 amide bonds. The van der Waals surface area contributed by atoms with Crippen LogP contribution in [0.3, 0.4) is 0 Å². The van der Waals surface area contributed by atoms with E-state index in [1.165, 1.54) is 16.8 Å². The minimum absolute atomic E-state index is 0.333. The highest BCUT2D eigenvalue weighted by molar-refractivity contribution is 5.53. The molecule has 0 aliphatic carbocycles. The predicted octanol–water partition coefficient (Wildman–Crippen LogP) is 3.21. The molecule has 2 aromatic heterocycles. The van der Waals surface area contributed by atoms with Gasteiger partial charge in [-0.05, 0) is 30.3 Å². The Hall–Kier alpha value is -2.56. The van der Waals surface area contributed by atoms with Crippen molar-refractivity contribution in [3.63, 3.8) is 0 Å². The first kappa shape index (κ1) is 11.5. The molecule has 0 aliphatic rings. The second-order valence-electron chi connectivity index (χ2n) is 3.99. The van der Waals surface area contributed by atoms with Crippen LogP contribution in [0.4, 0.5) is 8.78 Å². The largest absolute Gasteiger partial charge is 0.255 e. The molecule has 0 spiro atoms. The predicted molar refractivity (Wildman–Crippen MR) is 66.7 cm³/mol. The molecule has 0 radical (unpaired) electrons. The Kier molecular flexibility index (Phi) is 2.79. The Morgan fingerprint density at radius 2 is 1.68 bits per heavy atom.